The SMILES string of the molecule is CCCNC(C)(CC(C)Sc1cc(C)nn1C)C(=O)OC. The minimum atomic E-state index is -0.648. The number of carbonyl (C=O) groups excluding carboxylic acids is 1. The van der Waals surface area contributed by atoms with Crippen LogP contribution in [0.15, 0.2) is 11.1 Å². The molecule has 120 valence electrons. The lowest BCUT2D eigenvalue weighted by Gasteiger charge is -2.30. The summed E-state index contributed by atoms with van der Waals surface area (Å²) in [6.07, 6.45) is 1.68. The van der Waals surface area contributed by atoms with Gasteiger partial charge in [-0.25, -0.2) is 0 Å². The van der Waals surface area contributed by atoms with Crippen molar-refractivity contribution in [1.82, 2.24) is 15.1 Å². The van der Waals surface area contributed by atoms with E-state index in [9.17, 15) is 4.79 Å². The molecule has 0 saturated heterocycles. The molecule has 5 nitrogen and oxygen atoms in total. The first kappa shape index (κ1) is 18.0. The lowest BCUT2D eigenvalue weighted by molar-refractivity contribution is -0.148. The molecule has 1 rings (SSSR count). The first-order valence-corrected chi connectivity index (χ1v) is 8.21. The third-order valence-corrected chi connectivity index (χ3v) is 4.57. The van der Waals surface area contributed by atoms with Crippen LogP contribution < -0.4 is 5.32 Å². The number of hydrogen-bond donors (Lipinski definition) is 1. The van der Waals surface area contributed by atoms with Crippen molar-refractivity contribution in [1.29, 1.82) is 0 Å². The molecule has 0 aliphatic carbocycles. The number of nitrogens with one attached hydrogen (secondary N) is 1. The van der Waals surface area contributed by atoms with Gasteiger partial charge in [-0.1, -0.05) is 13.8 Å². The zero-order valence-electron chi connectivity index (χ0n) is 13.9. The van der Waals surface area contributed by atoms with Gasteiger partial charge in [0.05, 0.1) is 17.8 Å². The highest BCUT2D eigenvalue weighted by Gasteiger charge is 2.35. The predicted octanol–water partition coefficient (Wildman–Crippen LogP) is 2.53. The van der Waals surface area contributed by atoms with Gasteiger partial charge in [-0.2, -0.15) is 5.10 Å². The monoisotopic (exact) mass is 313 g/mol. The van der Waals surface area contributed by atoms with Crippen LogP contribution >= 0.6 is 11.8 Å². The van der Waals surface area contributed by atoms with E-state index in [1.54, 1.807) is 11.8 Å². The fourth-order valence-corrected chi connectivity index (χ4v) is 3.63. The molecule has 1 heterocycles. The number of hydrogen-bond acceptors (Lipinski definition) is 5. The van der Waals surface area contributed by atoms with Crippen LogP contribution in [-0.4, -0.2) is 40.2 Å². The molecule has 1 aromatic heterocycles. The molecule has 0 spiro atoms. The van der Waals surface area contributed by atoms with Gasteiger partial charge < -0.3 is 10.1 Å². The fourth-order valence-electron chi connectivity index (χ4n) is 2.37. The molecule has 2 atom stereocenters. The summed E-state index contributed by atoms with van der Waals surface area (Å²) in [6.45, 7) is 8.91. The van der Waals surface area contributed by atoms with E-state index in [-0.39, 0.29) is 11.2 Å². The maximum Gasteiger partial charge on any atom is 0.325 e. The lowest BCUT2D eigenvalue weighted by Crippen LogP contribution is -2.51. The number of rotatable bonds is 8. The van der Waals surface area contributed by atoms with Crippen molar-refractivity contribution >= 4 is 17.7 Å². The van der Waals surface area contributed by atoms with Gasteiger partial charge in [0.2, 0.25) is 0 Å². The Hall–Kier alpha value is -1.01. The van der Waals surface area contributed by atoms with Crippen molar-refractivity contribution in [2.45, 2.75) is 56.4 Å². The number of aromatic nitrogens is 2. The number of nitrogens with zero attached hydrogens (tertiary/aromatic N) is 2. The van der Waals surface area contributed by atoms with Gasteiger partial charge >= 0.3 is 5.97 Å². The van der Waals surface area contributed by atoms with Crippen molar-refractivity contribution in [2.75, 3.05) is 13.7 Å². The fraction of sp³-hybridized carbons (Fsp3) is 0.733. The maximum atomic E-state index is 12.1. The second kappa shape index (κ2) is 7.84. The summed E-state index contributed by atoms with van der Waals surface area (Å²) in [5.41, 5.74) is 0.359. The minimum absolute atomic E-state index is 0.204. The number of carbonyl (C=O) groups is 1. The Morgan fingerprint density at radius 1 is 1.62 bits per heavy atom. The second-order valence-corrected chi connectivity index (χ2v) is 7.09. The molecule has 0 radical (unpaired) electrons. The summed E-state index contributed by atoms with van der Waals surface area (Å²) in [5.74, 6) is -0.204. The van der Waals surface area contributed by atoms with Crippen LogP contribution in [0.1, 0.15) is 39.3 Å². The van der Waals surface area contributed by atoms with Crippen LogP contribution in [-0.2, 0) is 16.6 Å². The summed E-state index contributed by atoms with van der Waals surface area (Å²) >= 11 is 1.73. The molecule has 1 aromatic rings. The molecule has 0 amide bonds. The van der Waals surface area contributed by atoms with Gasteiger partial charge in [0, 0.05) is 12.3 Å². The molecular formula is C15H27N3O2S. The zero-order chi connectivity index (χ0) is 16.0. The van der Waals surface area contributed by atoms with E-state index in [0.717, 1.165) is 23.7 Å². The van der Waals surface area contributed by atoms with E-state index in [4.69, 9.17) is 4.74 Å². The molecule has 6 heteroatoms. The van der Waals surface area contributed by atoms with E-state index in [2.05, 4.69) is 30.3 Å². The van der Waals surface area contributed by atoms with Crippen LogP contribution in [0.4, 0.5) is 0 Å². The molecule has 0 aliphatic rings. The Kier molecular flexibility index (Phi) is 6.74. The van der Waals surface area contributed by atoms with Crippen LogP contribution in [0.2, 0.25) is 0 Å². The number of methoxy groups -OCH3 is 1. The van der Waals surface area contributed by atoms with Crippen LogP contribution in [0.25, 0.3) is 0 Å². The molecule has 21 heavy (non-hydrogen) atoms. The maximum absolute atomic E-state index is 12.1. The van der Waals surface area contributed by atoms with Gasteiger partial charge in [-0.15, -0.1) is 11.8 Å². The summed E-state index contributed by atoms with van der Waals surface area (Å²) in [4.78, 5) is 12.1. The normalized spacial score (nSPS) is 15.5. The average molecular weight is 313 g/mol. The van der Waals surface area contributed by atoms with Crippen molar-refractivity contribution in [3.05, 3.63) is 11.8 Å². The van der Waals surface area contributed by atoms with Gasteiger partial charge in [0.1, 0.15) is 5.54 Å². The Balaban J connectivity index is 2.73. The summed E-state index contributed by atoms with van der Waals surface area (Å²) in [7, 11) is 3.38. The van der Waals surface area contributed by atoms with Gasteiger partial charge in [0.15, 0.2) is 0 Å². The third-order valence-electron chi connectivity index (χ3n) is 3.38. The number of ether oxygens (including phenoxy) is 1. The Morgan fingerprint density at radius 2 is 2.29 bits per heavy atom. The van der Waals surface area contributed by atoms with Gasteiger partial charge in [-0.05, 0) is 39.3 Å². The largest absolute Gasteiger partial charge is 0.468 e. The molecule has 2 unspecified atom stereocenters. The standard InChI is InChI=1S/C15H27N3O2S/c1-7-8-16-15(4,14(19)20-6)10-12(3)21-13-9-11(2)17-18(13)5/h9,12,16H,7-8,10H2,1-6H3. The quantitative estimate of drug-likeness (QED) is 0.590. The van der Waals surface area contributed by atoms with Crippen molar-refractivity contribution in [2.24, 2.45) is 7.05 Å². The summed E-state index contributed by atoms with van der Waals surface area (Å²) < 4.78 is 6.84. The molecular weight excluding hydrogens is 286 g/mol. The highest BCUT2D eigenvalue weighted by molar-refractivity contribution is 7.99. The van der Waals surface area contributed by atoms with Crippen molar-refractivity contribution < 1.29 is 9.53 Å². The molecule has 0 bridgehead atoms. The van der Waals surface area contributed by atoms with E-state index < -0.39 is 5.54 Å². The molecule has 1 N–H and O–H groups in total. The average Bonchev–Trinajstić information content (AvgIpc) is 2.73. The topological polar surface area (TPSA) is 56.2 Å². The van der Waals surface area contributed by atoms with Gasteiger partial charge in [0.25, 0.3) is 0 Å². The minimum Gasteiger partial charge on any atom is -0.468 e. The molecule has 0 aromatic carbocycles. The summed E-state index contributed by atoms with van der Waals surface area (Å²) in [5, 5.41) is 9.06. The van der Waals surface area contributed by atoms with Crippen LogP contribution in [0, 0.1) is 6.92 Å². The van der Waals surface area contributed by atoms with E-state index in [1.807, 2.05) is 25.6 Å². The van der Waals surface area contributed by atoms with Crippen molar-refractivity contribution in [3.8, 4) is 0 Å². The molecule has 0 fully saturated rings. The smallest absolute Gasteiger partial charge is 0.325 e. The van der Waals surface area contributed by atoms with Crippen molar-refractivity contribution in [3.63, 3.8) is 0 Å². The highest BCUT2D eigenvalue weighted by Crippen LogP contribution is 2.29. The van der Waals surface area contributed by atoms with E-state index in [1.165, 1.54) is 7.11 Å². The summed E-state index contributed by atoms with van der Waals surface area (Å²) in [6, 6.07) is 2.07. The van der Waals surface area contributed by atoms with Crippen LogP contribution in [0.5, 0.6) is 0 Å². The van der Waals surface area contributed by atoms with Gasteiger partial charge in [-0.3, -0.25) is 9.48 Å². The lowest BCUT2D eigenvalue weighted by atomic mass is 9.96. The van der Waals surface area contributed by atoms with Crippen LogP contribution in [0.3, 0.4) is 0 Å². The number of esters is 1. The Labute approximate surface area is 131 Å². The Bertz CT molecular complexity index is 475. The Morgan fingerprint density at radius 3 is 2.76 bits per heavy atom. The third kappa shape index (κ3) is 5.04. The first-order chi connectivity index (χ1) is 9.82. The predicted molar refractivity (Wildman–Crippen MR) is 86.6 cm³/mol. The first-order valence-electron chi connectivity index (χ1n) is 7.33. The zero-order valence-corrected chi connectivity index (χ0v) is 14.7. The second-order valence-electron chi connectivity index (χ2n) is 5.63. The highest BCUT2D eigenvalue weighted by atomic mass is 32.2. The number of aryl methyl sites for hydroxylation is 2. The van der Waals surface area contributed by atoms with E-state index in [0.29, 0.717) is 6.42 Å². The van der Waals surface area contributed by atoms with E-state index >= 15 is 0 Å². The molecule has 0 aliphatic heterocycles. The molecule has 0 saturated carbocycles. The number of thioether (sulfide) groups is 1.